The van der Waals surface area contributed by atoms with Crippen molar-refractivity contribution < 1.29 is 0 Å². The van der Waals surface area contributed by atoms with Crippen molar-refractivity contribution in [1.82, 2.24) is 15.0 Å². The van der Waals surface area contributed by atoms with Crippen LogP contribution in [-0.2, 0) is 0 Å². The van der Waals surface area contributed by atoms with Crippen LogP contribution in [0, 0.1) is 5.92 Å². The summed E-state index contributed by atoms with van der Waals surface area (Å²) in [6, 6.07) is 38.8. The summed E-state index contributed by atoms with van der Waals surface area (Å²) in [7, 11) is 0. The Balaban J connectivity index is 1.22. The zero-order valence-electron chi connectivity index (χ0n) is 23.3. The lowest BCUT2D eigenvalue weighted by Crippen LogP contribution is -2.31. The molecule has 0 amide bonds. The van der Waals surface area contributed by atoms with Gasteiger partial charge >= 0.3 is 0 Å². The maximum atomic E-state index is 5.02. The van der Waals surface area contributed by atoms with Gasteiger partial charge < -0.3 is 0 Å². The van der Waals surface area contributed by atoms with Crippen LogP contribution >= 0.6 is 0 Å². The lowest BCUT2D eigenvalue weighted by molar-refractivity contribution is 0.318. The van der Waals surface area contributed by atoms with Crippen LogP contribution in [0.3, 0.4) is 0 Å². The van der Waals surface area contributed by atoms with Gasteiger partial charge in [-0.2, -0.15) is 0 Å². The standard InChI is InChI=1S/C38H30N4/c1-3-9-30-23-32(20-14-25(30)7-1)37-40-36(41-38(42-37)33-21-15-26-8-2-4-10-31(26)24-33)29-18-16-27(17-19-29)34-13-5-11-28-12-6-22-39-35(28)34/h1-4,6-10,12,14-24,28,34-35H,5,11,13H2/t28?,34?,35-/m1/s1. The summed E-state index contributed by atoms with van der Waals surface area (Å²) in [5.41, 5.74) is 4.30. The van der Waals surface area contributed by atoms with E-state index in [2.05, 4.69) is 121 Å². The topological polar surface area (TPSA) is 51.0 Å². The van der Waals surface area contributed by atoms with Gasteiger partial charge in [0.05, 0.1) is 6.04 Å². The zero-order chi connectivity index (χ0) is 27.9. The third-order valence-corrected chi connectivity index (χ3v) is 8.85. The minimum Gasteiger partial charge on any atom is -0.289 e. The number of hydrogen-bond acceptors (Lipinski definition) is 4. The molecule has 3 atom stereocenters. The molecule has 6 aromatic rings. The van der Waals surface area contributed by atoms with Gasteiger partial charge in [-0.15, -0.1) is 0 Å². The second-order valence-corrected chi connectivity index (χ2v) is 11.4. The van der Waals surface area contributed by atoms with Crippen molar-refractivity contribution in [3.05, 3.63) is 127 Å². The van der Waals surface area contributed by atoms with E-state index < -0.39 is 0 Å². The van der Waals surface area contributed by atoms with Gasteiger partial charge in [-0.1, -0.05) is 110 Å². The number of hydrogen-bond donors (Lipinski definition) is 0. The van der Waals surface area contributed by atoms with Crippen LogP contribution in [0.25, 0.3) is 55.7 Å². The highest BCUT2D eigenvalue weighted by Gasteiger charge is 2.33. The van der Waals surface area contributed by atoms with Crippen LogP contribution in [-0.4, -0.2) is 27.2 Å². The zero-order valence-corrected chi connectivity index (χ0v) is 23.3. The highest BCUT2D eigenvalue weighted by Crippen LogP contribution is 2.40. The van der Waals surface area contributed by atoms with E-state index in [9.17, 15) is 0 Å². The van der Waals surface area contributed by atoms with E-state index in [1.54, 1.807) is 0 Å². The molecule has 1 aliphatic carbocycles. The Bertz CT molecular complexity index is 1890. The first kappa shape index (κ1) is 24.8. The summed E-state index contributed by atoms with van der Waals surface area (Å²) in [5, 5.41) is 4.73. The van der Waals surface area contributed by atoms with Crippen molar-refractivity contribution in [1.29, 1.82) is 0 Å². The monoisotopic (exact) mass is 542 g/mol. The molecule has 202 valence electrons. The summed E-state index contributed by atoms with van der Waals surface area (Å²) in [6.45, 7) is 0. The molecular formula is C38H30N4. The molecule has 2 aliphatic rings. The quantitative estimate of drug-likeness (QED) is 0.223. The molecule has 1 saturated carbocycles. The molecule has 5 aromatic carbocycles. The number of nitrogens with zero attached hydrogens (tertiary/aromatic N) is 4. The number of rotatable bonds is 4. The maximum absolute atomic E-state index is 5.02. The molecule has 4 nitrogen and oxygen atoms in total. The van der Waals surface area contributed by atoms with Gasteiger partial charge in [0.1, 0.15) is 0 Å². The maximum Gasteiger partial charge on any atom is 0.164 e. The molecule has 0 N–H and O–H groups in total. The lowest BCUT2D eigenvalue weighted by atomic mass is 9.73. The normalized spacial score (nSPS) is 19.7. The van der Waals surface area contributed by atoms with Gasteiger partial charge in [0.15, 0.2) is 17.5 Å². The van der Waals surface area contributed by atoms with E-state index in [4.69, 9.17) is 19.9 Å². The Kier molecular flexibility index (Phi) is 6.18. The molecule has 0 radical (unpaired) electrons. The number of fused-ring (bicyclic) bond motifs is 3. The summed E-state index contributed by atoms with van der Waals surface area (Å²) in [6.07, 6.45) is 10.1. The van der Waals surface area contributed by atoms with Crippen molar-refractivity contribution in [2.45, 2.75) is 31.2 Å². The highest BCUT2D eigenvalue weighted by molar-refractivity contribution is 5.88. The summed E-state index contributed by atoms with van der Waals surface area (Å²) in [5.74, 6) is 3.03. The molecule has 2 heterocycles. The lowest BCUT2D eigenvalue weighted by Gasteiger charge is -2.36. The molecule has 0 bridgehead atoms. The molecule has 0 saturated heterocycles. The minimum absolute atomic E-state index is 0.339. The number of aromatic nitrogens is 3. The Morgan fingerprint density at radius 1 is 0.524 bits per heavy atom. The Labute approximate surface area is 245 Å². The van der Waals surface area contributed by atoms with Crippen molar-refractivity contribution in [3.8, 4) is 34.2 Å². The highest BCUT2D eigenvalue weighted by atomic mass is 15.0. The fourth-order valence-electron chi connectivity index (χ4n) is 6.64. The van der Waals surface area contributed by atoms with Gasteiger partial charge in [0, 0.05) is 34.7 Å². The Morgan fingerprint density at radius 2 is 1.07 bits per heavy atom. The van der Waals surface area contributed by atoms with Gasteiger partial charge in [-0.05, 0) is 58.2 Å². The van der Waals surface area contributed by atoms with Crippen LogP contribution in [0.2, 0.25) is 0 Å². The van der Waals surface area contributed by atoms with Gasteiger partial charge in [0.25, 0.3) is 0 Å². The predicted octanol–water partition coefficient (Wildman–Crippen LogP) is 9.07. The predicted molar refractivity (Wildman–Crippen MR) is 173 cm³/mol. The Hall–Kier alpha value is -4.96. The van der Waals surface area contributed by atoms with Crippen LogP contribution in [0.5, 0.6) is 0 Å². The SMILES string of the molecule is C1=CC2CCCC(c3ccc(-c4nc(-c5ccc6ccccc6c5)nc(-c5ccc6ccccc6c5)n4)cc3)[C@@H]2N=C1. The number of allylic oxidation sites excluding steroid dienone is 1. The average molecular weight is 543 g/mol. The van der Waals surface area contributed by atoms with E-state index in [0.717, 1.165) is 16.7 Å². The van der Waals surface area contributed by atoms with Crippen molar-refractivity contribution in [2.75, 3.05) is 0 Å². The van der Waals surface area contributed by atoms with E-state index >= 15 is 0 Å². The van der Waals surface area contributed by atoms with Crippen LogP contribution in [0.1, 0.15) is 30.7 Å². The fraction of sp³-hybridized carbons (Fsp3) is 0.158. The van der Waals surface area contributed by atoms with Crippen LogP contribution in [0.15, 0.2) is 126 Å². The molecule has 42 heavy (non-hydrogen) atoms. The van der Waals surface area contributed by atoms with Crippen molar-refractivity contribution in [3.63, 3.8) is 0 Å². The molecule has 0 spiro atoms. The molecule has 1 aliphatic heterocycles. The smallest absolute Gasteiger partial charge is 0.164 e. The second kappa shape index (κ2) is 10.5. The fourth-order valence-corrected chi connectivity index (χ4v) is 6.64. The summed E-state index contributed by atoms with van der Waals surface area (Å²) >= 11 is 0. The molecule has 4 heteroatoms. The average Bonchev–Trinajstić information content (AvgIpc) is 3.07. The van der Waals surface area contributed by atoms with Crippen LogP contribution < -0.4 is 0 Å². The first-order chi connectivity index (χ1) is 20.8. The number of benzene rings is 5. The van der Waals surface area contributed by atoms with E-state index in [1.807, 2.05) is 6.21 Å². The molecule has 1 aromatic heterocycles. The van der Waals surface area contributed by atoms with Gasteiger partial charge in [-0.25, -0.2) is 15.0 Å². The minimum atomic E-state index is 0.339. The third-order valence-electron chi connectivity index (χ3n) is 8.85. The van der Waals surface area contributed by atoms with E-state index in [0.29, 0.717) is 35.4 Å². The summed E-state index contributed by atoms with van der Waals surface area (Å²) < 4.78 is 0. The largest absolute Gasteiger partial charge is 0.289 e. The summed E-state index contributed by atoms with van der Waals surface area (Å²) in [4.78, 5) is 19.9. The molecular weight excluding hydrogens is 512 g/mol. The second-order valence-electron chi connectivity index (χ2n) is 11.4. The molecule has 2 unspecified atom stereocenters. The van der Waals surface area contributed by atoms with Crippen molar-refractivity contribution >= 4 is 27.8 Å². The number of aliphatic imine (C=N–C) groups is 1. The van der Waals surface area contributed by atoms with Gasteiger partial charge in [-0.3, -0.25) is 4.99 Å². The number of dihydropyridines is 1. The Morgan fingerprint density at radius 3 is 1.69 bits per heavy atom. The first-order valence-corrected chi connectivity index (χ1v) is 14.8. The third kappa shape index (κ3) is 4.59. The van der Waals surface area contributed by atoms with Gasteiger partial charge in [0.2, 0.25) is 0 Å². The molecule has 8 rings (SSSR count). The van der Waals surface area contributed by atoms with Crippen molar-refractivity contribution in [2.24, 2.45) is 10.9 Å². The van der Waals surface area contributed by atoms with Crippen LogP contribution in [0.4, 0.5) is 0 Å². The molecule has 1 fully saturated rings. The van der Waals surface area contributed by atoms with E-state index in [1.165, 1.54) is 46.4 Å². The van der Waals surface area contributed by atoms with E-state index in [-0.39, 0.29) is 0 Å². The first-order valence-electron chi connectivity index (χ1n) is 14.8.